The molecule has 2 aromatic heterocycles. The minimum atomic E-state index is -4.50. The maximum Gasteiger partial charge on any atom is 0.416 e. The summed E-state index contributed by atoms with van der Waals surface area (Å²) in [6.45, 7) is 5.74. The van der Waals surface area contributed by atoms with Crippen LogP contribution in [0.3, 0.4) is 0 Å². The Kier molecular flexibility index (Phi) is 6.94. The minimum absolute atomic E-state index is 0.101. The smallest absolute Gasteiger partial charge is 0.416 e. The second kappa shape index (κ2) is 10.5. The molecule has 2 fully saturated rings. The zero-order chi connectivity index (χ0) is 28.8. The molecule has 1 N–H and O–H groups in total. The lowest BCUT2D eigenvalue weighted by molar-refractivity contribution is -0.141. The lowest BCUT2D eigenvalue weighted by atomic mass is 10.0. The molecule has 2 atom stereocenters. The average molecular weight is 571 g/mol. The monoisotopic (exact) mass is 570 g/mol. The van der Waals surface area contributed by atoms with Gasteiger partial charge in [-0.15, -0.1) is 0 Å². The summed E-state index contributed by atoms with van der Waals surface area (Å²) in [6, 6.07) is 7.51. The van der Waals surface area contributed by atoms with Crippen LogP contribution < -0.4 is 19.9 Å². The predicted octanol–water partition coefficient (Wildman–Crippen LogP) is 5.11. The van der Waals surface area contributed by atoms with Crippen molar-refractivity contribution in [2.75, 3.05) is 41.4 Å². The Hall–Kier alpha value is -3.97. The fraction of sp³-hybridized carbons (Fsp3) is 0.429. The van der Waals surface area contributed by atoms with Gasteiger partial charge in [0.1, 0.15) is 24.3 Å². The van der Waals surface area contributed by atoms with E-state index >= 15 is 0 Å². The molecule has 0 spiro atoms. The number of urea groups is 1. The van der Waals surface area contributed by atoms with E-state index in [0.717, 1.165) is 31.5 Å². The van der Waals surface area contributed by atoms with Crippen LogP contribution in [0.1, 0.15) is 32.3 Å². The highest BCUT2D eigenvalue weighted by atomic mass is 19.4. The number of nitrogens with zero attached hydrogens (tertiary/aromatic N) is 5. The molecular weight excluding hydrogens is 541 g/mol. The van der Waals surface area contributed by atoms with Crippen molar-refractivity contribution < 1.29 is 32.2 Å². The SMILES string of the molecule is CC1(C)OC[C@H](COc2ccnc(NC(=O)N3c4nc(-c5cccc(C(F)(F)F)c5)ncc4N4CCC[C@H]3C4)c2)O1. The molecule has 0 radical (unpaired) electrons. The number of ether oxygens (including phenoxy) is 3. The fourth-order valence-corrected chi connectivity index (χ4v) is 5.33. The second-order valence-electron chi connectivity index (χ2n) is 10.7. The van der Waals surface area contributed by atoms with E-state index < -0.39 is 23.6 Å². The molecule has 5 heterocycles. The maximum atomic E-state index is 13.7. The van der Waals surface area contributed by atoms with Crippen molar-refractivity contribution in [3.8, 4) is 17.1 Å². The number of amides is 2. The van der Waals surface area contributed by atoms with Crippen molar-refractivity contribution in [2.45, 2.75) is 50.8 Å². The second-order valence-corrected chi connectivity index (χ2v) is 10.7. The summed E-state index contributed by atoms with van der Waals surface area (Å²) in [5.41, 5.74) is 0.0642. The number of nitrogens with one attached hydrogen (secondary N) is 1. The van der Waals surface area contributed by atoms with Crippen molar-refractivity contribution in [1.82, 2.24) is 15.0 Å². The summed E-state index contributed by atoms with van der Waals surface area (Å²) in [4.78, 5) is 30.6. The number of benzene rings is 1. The number of anilines is 3. The first-order chi connectivity index (χ1) is 19.6. The predicted molar refractivity (Wildman–Crippen MR) is 144 cm³/mol. The van der Waals surface area contributed by atoms with Crippen molar-refractivity contribution in [3.63, 3.8) is 0 Å². The summed E-state index contributed by atoms with van der Waals surface area (Å²) in [7, 11) is 0. The van der Waals surface area contributed by atoms with Crippen molar-refractivity contribution in [1.29, 1.82) is 0 Å². The van der Waals surface area contributed by atoms with E-state index in [-0.39, 0.29) is 36.0 Å². The molecule has 6 rings (SSSR count). The Morgan fingerprint density at radius 2 is 2.07 bits per heavy atom. The molecular formula is C28H29F3N6O4. The van der Waals surface area contributed by atoms with Crippen molar-refractivity contribution >= 4 is 23.4 Å². The molecule has 41 heavy (non-hydrogen) atoms. The van der Waals surface area contributed by atoms with E-state index in [2.05, 4.69) is 25.2 Å². The summed E-state index contributed by atoms with van der Waals surface area (Å²) in [6.07, 6.45) is 0.000642. The van der Waals surface area contributed by atoms with Crippen LogP contribution in [-0.2, 0) is 15.7 Å². The molecule has 13 heteroatoms. The largest absolute Gasteiger partial charge is 0.491 e. The Balaban J connectivity index is 1.24. The number of halogens is 3. The van der Waals surface area contributed by atoms with E-state index in [0.29, 0.717) is 30.4 Å². The number of piperidine rings is 1. The van der Waals surface area contributed by atoms with Gasteiger partial charge in [0.2, 0.25) is 0 Å². The van der Waals surface area contributed by atoms with Crippen molar-refractivity contribution in [2.24, 2.45) is 0 Å². The summed E-state index contributed by atoms with van der Waals surface area (Å²) in [5.74, 6) is 0.567. The fourth-order valence-electron chi connectivity index (χ4n) is 5.33. The highest BCUT2D eigenvalue weighted by molar-refractivity contribution is 6.04. The van der Waals surface area contributed by atoms with Gasteiger partial charge in [-0.1, -0.05) is 12.1 Å². The number of carbonyl (C=O) groups excluding carboxylic acids is 1. The Labute approximate surface area is 234 Å². The first-order valence-electron chi connectivity index (χ1n) is 13.4. The number of carbonyl (C=O) groups is 1. The molecule has 10 nitrogen and oxygen atoms in total. The van der Waals surface area contributed by atoms with Gasteiger partial charge >= 0.3 is 12.2 Å². The summed E-state index contributed by atoms with van der Waals surface area (Å²) in [5, 5.41) is 2.84. The number of fused-ring (bicyclic) bond motifs is 4. The molecule has 0 saturated carbocycles. The molecule has 2 saturated heterocycles. The van der Waals surface area contributed by atoms with Crippen LogP contribution in [0.15, 0.2) is 48.8 Å². The number of pyridine rings is 1. The highest BCUT2D eigenvalue weighted by Gasteiger charge is 2.39. The molecule has 3 aliphatic rings. The number of alkyl halides is 3. The molecule has 2 bridgehead atoms. The topological polar surface area (TPSA) is 102 Å². The number of aromatic nitrogens is 3. The standard InChI is InChI=1S/C28H29F3N6O4/c1-27(2)40-16-21(41-27)15-39-20-8-9-32-23(12-20)34-26(38)37-19-7-4-10-36(14-19)22-13-33-24(35-25(22)37)17-5-3-6-18(11-17)28(29,30)31/h3,5-6,8-9,11-13,19,21H,4,7,10,14-16H2,1-2H3,(H,32,34,38)/t19-,21-/m0/s1. The zero-order valence-corrected chi connectivity index (χ0v) is 22.5. The third kappa shape index (κ3) is 5.77. The van der Waals surface area contributed by atoms with Crippen LogP contribution in [0, 0.1) is 0 Å². The minimum Gasteiger partial charge on any atom is -0.491 e. The van der Waals surface area contributed by atoms with Crippen LogP contribution in [-0.4, -0.2) is 65.2 Å². The summed E-state index contributed by atoms with van der Waals surface area (Å²) < 4.78 is 57.2. The molecule has 216 valence electrons. The molecule has 1 aromatic carbocycles. The summed E-state index contributed by atoms with van der Waals surface area (Å²) >= 11 is 0. The van der Waals surface area contributed by atoms with E-state index in [4.69, 9.17) is 14.2 Å². The van der Waals surface area contributed by atoms with Gasteiger partial charge in [0.05, 0.1) is 30.1 Å². The molecule has 3 aliphatic heterocycles. The van der Waals surface area contributed by atoms with Gasteiger partial charge in [-0.2, -0.15) is 13.2 Å². The van der Waals surface area contributed by atoms with Gasteiger partial charge in [0.15, 0.2) is 17.4 Å². The normalized spacial score (nSPS) is 21.4. The molecule has 0 unspecified atom stereocenters. The Morgan fingerprint density at radius 3 is 2.85 bits per heavy atom. The molecule has 3 aromatic rings. The number of hydrogen-bond donors (Lipinski definition) is 1. The third-order valence-corrected chi connectivity index (χ3v) is 7.22. The van der Waals surface area contributed by atoms with Gasteiger partial charge in [-0.05, 0) is 44.9 Å². The van der Waals surface area contributed by atoms with Gasteiger partial charge in [0.25, 0.3) is 0 Å². The van der Waals surface area contributed by atoms with Gasteiger partial charge in [0, 0.05) is 30.9 Å². The van der Waals surface area contributed by atoms with Gasteiger partial charge in [-0.25, -0.2) is 19.7 Å². The Bertz CT molecular complexity index is 1450. The molecule has 2 amide bonds. The first-order valence-corrected chi connectivity index (χ1v) is 13.4. The van der Waals surface area contributed by atoms with Gasteiger partial charge in [-0.3, -0.25) is 10.2 Å². The maximum absolute atomic E-state index is 13.7. The average Bonchev–Trinajstić information content (AvgIpc) is 3.30. The highest BCUT2D eigenvalue weighted by Crippen LogP contribution is 2.39. The van der Waals surface area contributed by atoms with Crippen LogP contribution in [0.5, 0.6) is 5.75 Å². The van der Waals surface area contributed by atoms with Crippen LogP contribution in [0.2, 0.25) is 0 Å². The number of hydrogen-bond acceptors (Lipinski definition) is 8. The Morgan fingerprint density at radius 1 is 1.22 bits per heavy atom. The molecule has 0 aliphatic carbocycles. The van der Waals surface area contributed by atoms with Crippen LogP contribution >= 0.6 is 0 Å². The number of rotatable bonds is 5. The van der Waals surface area contributed by atoms with E-state index in [1.54, 1.807) is 23.2 Å². The lowest BCUT2D eigenvalue weighted by Gasteiger charge is -2.45. The van der Waals surface area contributed by atoms with Crippen LogP contribution in [0.25, 0.3) is 11.4 Å². The van der Waals surface area contributed by atoms with E-state index in [1.807, 2.05) is 13.8 Å². The first kappa shape index (κ1) is 27.2. The van der Waals surface area contributed by atoms with E-state index in [1.165, 1.54) is 18.3 Å². The lowest BCUT2D eigenvalue weighted by Crippen LogP contribution is -2.56. The van der Waals surface area contributed by atoms with Gasteiger partial charge < -0.3 is 19.1 Å². The van der Waals surface area contributed by atoms with Crippen LogP contribution in [0.4, 0.5) is 35.3 Å². The quantitative estimate of drug-likeness (QED) is 0.452. The van der Waals surface area contributed by atoms with Crippen molar-refractivity contribution in [3.05, 3.63) is 54.4 Å². The van der Waals surface area contributed by atoms with E-state index in [9.17, 15) is 18.0 Å². The third-order valence-electron chi connectivity index (χ3n) is 7.22. The zero-order valence-electron chi connectivity index (χ0n) is 22.5.